The van der Waals surface area contributed by atoms with Gasteiger partial charge in [0.1, 0.15) is 0 Å². The number of nitrogens with one attached hydrogen (secondary N) is 2. The van der Waals surface area contributed by atoms with Crippen molar-refractivity contribution in [2.75, 3.05) is 19.4 Å². The van der Waals surface area contributed by atoms with E-state index in [1.54, 1.807) is 6.92 Å². The lowest BCUT2D eigenvalue weighted by Gasteiger charge is -2.39. The van der Waals surface area contributed by atoms with E-state index in [4.69, 9.17) is 4.74 Å². The quantitative estimate of drug-likeness (QED) is 0.630. The fourth-order valence-electron chi connectivity index (χ4n) is 3.20. The summed E-state index contributed by atoms with van der Waals surface area (Å²) in [6, 6.07) is 1.09. The minimum absolute atomic E-state index is 0.0252. The molecule has 3 atom stereocenters. The average Bonchev–Trinajstić information content (AvgIpc) is 2.59. The van der Waals surface area contributed by atoms with E-state index in [9.17, 15) is 34.8 Å². The van der Waals surface area contributed by atoms with Crippen LogP contribution in [-0.4, -0.2) is 39.4 Å². The zero-order chi connectivity index (χ0) is 23.0. The van der Waals surface area contributed by atoms with Gasteiger partial charge in [-0.25, -0.2) is 13.1 Å². The summed E-state index contributed by atoms with van der Waals surface area (Å²) in [5.74, 6) is 0. The van der Waals surface area contributed by atoms with Gasteiger partial charge in [-0.2, -0.15) is 26.3 Å². The third-order valence-electron chi connectivity index (χ3n) is 4.93. The maximum atomic E-state index is 13.0. The van der Waals surface area contributed by atoms with E-state index in [2.05, 4.69) is 10.0 Å². The Hall–Kier alpha value is -1.37. The number of ether oxygens (including phenoxy) is 1. The first-order valence-electron chi connectivity index (χ1n) is 9.12. The van der Waals surface area contributed by atoms with Gasteiger partial charge in [-0.3, -0.25) is 0 Å². The highest BCUT2D eigenvalue weighted by molar-refractivity contribution is 7.88. The number of piperidine rings is 1. The predicted molar refractivity (Wildman–Crippen MR) is 98.2 cm³/mol. The van der Waals surface area contributed by atoms with Gasteiger partial charge in [0.25, 0.3) is 0 Å². The molecule has 1 heterocycles. The van der Waals surface area contributed by atoms with Crippen molar-refractivity contribution in [2.45, 2.75) is 56.7 Å². The molecule has 0 radical (unpaired) electrons. The second kappa shape index (κ2) is 8.64. The van der Waals surface area contributed by atoms with Crippen molar-refractivity contribution < 1.29 is 39.5 Å². The molecule has 1 aromatic rings. The maximum Gasteiger partial charge on any atom is 0.416 e. The Bertz CT molecular complexity index is 814. The Morgan fingerprint density at radius 2 is 1.70 bits per heavy atom. The van der Waals surface area contributed by atoms with Crippen LogP contribution in [-0.2, 0) is 27.1 Å². The number of hydrogen-bond acceptors (Lipinski definition) is 4. The van der Waals surface area contributed by atoms with Gasteiger partial charge in [-0.05, 0) is 50.5 Å². The van der Waals surface area contributed by atoms with Crippen molar-refractivity contribution in [2.24, 2.45) is 0 Å². The molecular weight excluding hydrogens is 438 g/mol. The highest BCUT2D eigenvalue weighted by Gasteiger charge is 2.38. The molecule has 0 aromatic heterocycles. The molecule has 1 saturated heterocycles. The van der Waals surface area contributed by atoms with Crippen LogP contribution in [0.2, 0.25) is 0 Å². The molecule has 172 valence electrons. The second-order valence-electron chi connectivity index (χ2n) is 7.86. The Kier molecular flexibility index (Phi) is 7.17. The second-order valence-corrected chi connectivity index (χ2v) is 9.64. The molecule has 0 bridgehead atoms. The fourth-order valence-corrected chi connectivity index (χ4v) is 4.00. The van der Waals surface area contributed by atoms with Crippen LogP contribution < -0.4 is 10.0 Å². The monoisotopic (exact) mass is 462 g/mol. The molecule has 1 aliphatic heterocycles. The van der Waals surface area contributed by atoms with Gasteiger partial charge in [-0.1, -0.05) is 0 Å². The molecule has 1 aliphatic rings. The predicted octanol–water partition coefficient (Wildman–Crippen LogP) is 3.86. The summed E-state index contributed by atoms with van der Waals surface area (Å²) < 4.78 is 109. The lowest BCUT2D eigenvalue weighted by Crippen LogP contribution is -2.57. The number of alkyl halides is 6. The Balaban J connectivity index is 2.08. The minimum atomic E-state index is -4.92. The van der Waals surface area contributed by atoms with Crippen molar-refractivity contribution in [1.82, 2.24) is 10.0 Å². The van der Waals surface area contributed by atoms with E-state index in [0.29, 0.717) is 31.5 Å². The summed E-state index contributed by atoms with van der Waals surface area (Å²) in [5.41, 5.74) is -3.61. The molecule has 2 N–H and O–H groups in total. The summed E-state index contributed by atoms with van der Waals surface area (Å²) in [7, 11) is -3.36. The van der Waals surface area contributed by atoms with Crippen LogP contribution in [0, 0.1) is 0 Å². The van der Waals surface area contributed by atoms with E-state index in [-0.39, 0.29) is 24.3 Å². The Morgan fingerprint density at radius 1 is 1.17 bits per heavy atom. The number of rotatable bonds is 6. The first-order valence-corrected chi connectivity index (χ1v) is 11.0. The van der Waals surface area contributed by atoms with Gasteiger partial charge < -0.3 is 10.1 Å². The molecule has 30 heavy (non-hydrogen) atoms. The molecule has 1 fully saturated rings. The van der Waals surface area contributed by atoms with Crippen LogP contribution >= 0.6 is 0 Å². The van der Waals surface area contributed by atoms with Crippen LogP contribution in [0.25, 0.3) is 0 Å². The lowest BCUT2D eigenvalue weighted by atomic mass is 9.90. The van der Waals surface area contributed by atoms with Crippen LogP contribution in [0.5, 0.6) is 0 Å². The first-order chi connectivity index (χ1) is 13.5. The van der Waals surface area contributed by atoms with Gasteiger partial charge in [0, 0.05) is 18.1 Å². The molecule has 0 spiro atoms. The molecule has 0 amide bonds. The molecule has 5 nitrogen and oxygen atoms in total. The first kappa shape index (κ1) is 24.9. The normalized spacial score (nSPS) is 24.6. The van der Waals surface area contributed by atoms with Crippen molar-refractivity contribution >= 4 is 10.0 Å². The van der Waals surface area contributed by atoms with Gasteiger partial charge in [-0.15, -0.1) is 0 Å². The smallest absolute Gasteiger partial charge is 0.372 e. The average molecular weight is 462 g/mol. The third-order valence-corrected chi connectivity index (χ3v) is 5.69. The van der Waals surface area contributed by atoms with Gasteiger partial charge >= 0.3 is 12.4 Å². The van der Waals surface area contributed by atoms with E-state index in [1.807, 2.05) is 0 Å². The molecule has 2 rings (SSSR count). The lowest BCUT2D eigenvalue weighted by molar-refractivity contribution is -0.143. The minimum Gasteiger partial charge on any atom is -0.372 e. The highest BCUT2D eigenvalue weighted by atomic mass is 32.2. The van der Waals surface area contributed by atoms with Crippen LogP contribution in [0.4, 0.5) is 26.3 Å². The van der Waals surface area contributed by atoms with Crippen LogP contribution in [0.1, 0.15) is 49.5 Å². The van der Waals surface area contributed by atoms with Crippen LogP contribution in [0.3, 0.4) is 0 Å². The largest absolute Gasteiger partial charge is 0.416 e. The molecule has 0 saturated carbocycles. The molecule has 12 heteroatoms. The molecule has 1 aromatic carbocycles. The van der Waals surface area contributed by atoms with E-state index >= 15 is 0 Å². The summed E-state index contributed by atoms with van der Waals surface area (Å²) >= 11 is 0. The Morgan fingerprint density at radius 3 is 2.10 bits per heavy atom. The topological polar surface area (TPSA) is 67.4 Å². The number of sulfonamides is 1. The summed E-state index contributed by atoms with van der Waals surface area (Å²) in [6.07, 6.45) is -8.79. The van der Waals surface area contributed by atoms with E-state index in [0.717, 1.165) is 6.26 Å². The fraction of sp³-hybridized carbons (Fsp3) is 0.667. The summed E-state index contributed by atoms with van der Waals surface area (Å²) in [4.78, 5) is 0. The summed E-state index contributed by atoms with van der Waals surface area (Å²) in [5, 5.41) is 3.13. The molecule has 3 unspecified atom stereocenters. The SMILES string of the molecule is CC(OCC1(C)CCC(NS(C)(=O)=O)CN1)c1cc(C(F)(F)F)cc(C(F)(F)F)c1. The maximum absolute atomic E-state index is 13.0. The molecular formula is C18H24F6N2O3S. The number of benzene rings is 1. The van der Waals surface area contributed by atoms with E-state index < -0.39 is 45.1 Å². The zero-order valence-electron chi connectivity index (χ0n) is 16.6. The van der Waals surface area contributed by atoms with Crippen LogP contribution in [0.15, 0.2) is 18.2 Å². The number of hydrogen-bond donors (Lipinski definition) is 2. The molecule has 0 aliphatic carbocycles. The van der Waals surface area contributed by atoms with Crippen molar-refractivity contribution in [3.8, 4) is 0 Å². The van der Waals surface area contributed by atoms with Crippen molar-refractivity contribution in [1.29, 1.82) is 0 Å². The van der Waals surface area contributed by atoms with E-state index in [1.165, 1.54) is 6.92 Å². The Labute approximate surface area is 171 Å². The number of halogens is 6. The summed E-state index contributed by atoms with van der Waals surface area (Å²) in [6.45, 7) is 3.53. The van der Waals surface area contributed by atoms with Crippen molar-refractivity contribution in [3.63, 3.8) is 0 Å². The van der Waals surface area contributed by atoms with Gasteiger partial charge in [0.2, 0.25) is 10.0 Å². The van der Waals surface area contributed by atoms with Gasteiger partial charge in [0.05, 0.1) is 30.1 Å². The standard InChI is InChI=1S/C18H24F6N2O3S/c1-11(12-6-13(17(19,20)21)8-14(7-12)18(22,23)24)29-10-16(2)5-4-15(9-25-16)26-30(3,27)28/h6-8,11,15,25-26H,4-5,9-10H2,1-3H3. The highest BCUT2D eigenvalue weighted by Crippen LogP contribution is 2.38. The van der Waals surface area contributed by atoms with Gasteiger partial charge in [0.15, 0.2) is 0 Å². The third kappa shape index (κ3) is 7.10. The van der Waals surface area contributed by atoms with Crippen molar-refractivity contribution in [3.05, 3.63) is 34.9 Å². The zero-order valence-corrected chi connectivity index (χ0v) is 17.4.